The standard InChI is InChI=1S/C16H25N3O2/c1-11(2)21-16-14(5-4-7-18-16)10-19-15(20)13-6-8-17-12(3)9-13/h4-5,7,11-13,17H,6,8-10H2,1-3H3,(H,19,20). The van der Waals surface area contributed by atoms with E-state index in [1.54, 1.807) is 6.20 Å². The number of rotatable bonds is 5. The Morgan fingerprint density at radius 2 is 2.38 bits per heavy atom. The molecule has 0 saturated carbocycles. The lowest BCUT2D eigenvalue weighted by Gasteiger charge is -2.27. The van der Waals surface area contributed by atoms with Crippen LogP contribution in [0.2, 0.25) is 0 Å². The van der Waals surface area contributed by atoms with Gasteiger partial charge >= 0.3 is 0 Å². The second kappa shape index (κ2) is 7.41. The molecule has 5 nitrogen and oxygen atoms in total. The van der Waals surface area contributed by atoms with E-state index in [9.17, 15) is 4.79 Å². The van der Waals surface area contributed by atoms with Crippen molar-refractivity contribution in [1.82, 2.24) is 15.6 Å². The summed E-state index contributed by atoms with van der Waals surface area (Å²) in [5.74, 6) is 0.835. The van der Waals surface area contributed by atoms with Crippen LogP contribution < -0.4 is 15.4 Å². The Hall–Kier alpha value is -1.62. The maximum Gasteiger partial charge on any atom is 0.223 e. The first kappa shape index (κ1) is 15.8. The number of nitrogens with zero attached hydrogens (tertiary/aromatic N) is 1. The minimum absolute atomic E-state index is 0.0691. The number of amides is 1. The van der Waals surface area contributed by atoms with Gasteiger partial charge in [0.1, 0.15) is 0 Å². The smallest absolute Gasteiger partial charge is 0.223 e. The highest BCUT2D eigenvalue weighted by atomic mass is 16.5. The minimum Gasteiger partial charge on any atom is -0.475 e. The molecular weight excluding hydrogens is 266 g/mol. The molecule has 0 radical (unpaired) electrons. The fraction of sp³-hybridized carbons (Fsp3) is 0.625. The van der Waals surface area contributed by atoms with E-state index in [2.05, 4.69) is 22.5 Å². The molecule has 2 N–H and O–H groups in total. The second-order valence-electron chi connectivity index (χ2n) is 5.93. The van der Waals surface area contributed by atoms with Gasteiger partial charge in [-0.3, -0.25) is 4.79 Å². The SMILES string of the molecule is CC1CC(C(=O)NCc2cccnc2OC(C)C)CCN1. The van der Waals surface area contributed by atoms with Gasteiger partial charge in [-0.2, -0.15) is 0 Å². The van der Waals surface area contributed by atoms with Crippen LogP contribution in [-0.4, -0.2) is 29.6 Å². The topological polar surface area (TPSA) is 63.2 Å². The van der Waals surface area contributed by atoms with Crippen LogP contribution in [0.4, 0.5) is 0 Å². The zero-order valence-corrected chi connectivity index (χ0v) is 13.1. The van der Waals surface area contributed by atoms with Gasteiger partial charge in [0, 0.05) is 30.3 Å². The molecule has 1 aliphatic heterocycles. The summed E-state index contributed by atoms with van der Waals surface area (Å²) in [5, 5.41) is 6.38. The Labute approximate surface area is 126 Å². The summed E-state index contributed by atoms with van der Waals surface area (Å²) in [4.78, 5) is 16.5. The van der Waals surface area contributed by atoms with E-state index in [1.807, 2.05) is 26.0 Å². The van der Waals surface area contributed by atoms with Crippen molar-refractivity contribution in [3.8, 4) is 5.88 Å². The summed E-state index contributed by atoms with van der Waals surface area (Å²) < 4.78 is 5.67. The summed E-state index contributed by atoms with van der Waals surface area (Å²) >= 11 is 0. The summed E-state index contributed by atoms with van der Waals surface area (Å²) in [6.45, 7) is 7.43. The third-order valence-electron chi connectivity index (χ3n) is 3.64. The van der Waals surface area contributed by atoms with Gasteiger partial charge in [0.15, 0.2) is 0 Å². The van der Waals surface area contributed by atoms with Gasteiger partial charge in [-0.15, -0.1) is 0 Å². The van der Waals surface area contributed by atoms with Gasteiger partial charge in [-0.05, 0) is 46.2 Å². The molecule has 2 rings (SSSR count). The van der Waals surface area contributed by atoms with E-state index in [1.165, 1.54) is 0 Å². The van der Waals surface area contributed by atoms with Crippen LogP contribution in [-0.2, 0) is 11.3 Å². The number of carbonyl (C=O) groups excluding carboxylic acids is 1. The molecule has 1 aromatic heterocycles. The minimum atomic E-state index is 0.0691. The number of pyridine rings is 1. The molecule has 0 bridgehead atoms. The Kier molecular flexibility index (Phi) is 5.56. The molecule has 1 saturated heterocycles. The van der Waals surface area contributed by atoms with Crippen molar-refractivity contribution in [1.29, 1.82) is 0 Å². The second-order valence-corrected chi connectivity index (χ2v) is 5.93. The molecule has 2 heterocycles. The fourth-order valence-electron chi connectivity index (χ4n) is 2.58. The Morgan fingerprint density at radius 3 is 3.10 bits per heavy atom. The molecule has 0 aromatic carbocycles. The van der Waals surface area contributed by atoms with E-state index in [0.717, 1.165) is 24.9 Å². The lowest BCUT2D eigenvalue weighted by molar-refractivity contribution is -0.126. The zero-order valence-electron chi connectivity index (χ0n) is 13.1. The molecule has 21 heavy (non-hydrogen) atoms. The molecule has 116 valence electrons. The van der Waals surface area contributed by atoms with Crippen molar-refractivity contribution in [3.05, 3.63) is 23.9 Å². The maximum absolute atomic E-state index is 12.3. The van der Waals surface area contributed by atoms with Gasteiger partial charge in [0.2, 0.25) is 11.8 Å². The van der Waals surface area contributed by atoms with Gasteiger partial charge in [0.05, 0.1) is 6.10 Å². The number of aromatic nitrogens is 1. The van der Waals surface area contributed by atoms with Gasteiger partial charge in [-0.1, -0.05) is 6.07 Å². The Balaban J connectivity index is 1.91. The molecule has 1 aliphatic rings. The average molecular weight is 291 g/mol. The third kappa shape index (κ3) is 4.70. The highest BCUT2D eigenvalue weighted by Gasteiger charge is 2.24. The first-order valence-corrected chi connectivity index (χ1v) is 7.68. The van der Waals surface area contributed by atoms with Crippen LogP contribution in [0.3, 0.4) is 0 Å². The predicted molar refractivity (Wildman–Crippen MR) is 82.0 cm³/mol. The highest BCUT2D eigenvalue weighted by molar-refractivity contribution is 5.78. The molecule has 2 unspecified atom stereocenters. The summed E-state index contributed by atoms with van der Waals surface area (Å²) in [7, 11) is 0. The van der Waals surface area contributed by atoms with Crippen molar-refractivity contribution in [2.45, 2.75) is 52.3 Å². The van der Waals surface area contributed by atoms with Gasteiger partial charge < -0.3 is 15.4 Å². The van der Waals surface area contributed by atoms with Crippen molar-refractivity contribution >= 4 is 5.91 Å². The van der Waals surface area contributed by atoms with Crippen molar-refractivity contribution in [2.24, 2.45) is 5.92 Å². The normalized spacial score (nSPS) is 22.1. The van der Waals surface area contributed by atoms with Crippen molar-refractivity contribution in [3.63, 3.8) is 0 Å². The molecule has 0 aliphatic carbocycles. The van der Waals surface area contributed by atoms with E-state index < -0.39 is 0 Å². The lowest BCUT2D eigenvalue weighted by Crippen LogP contribution is -2.42. The summed E-state index contributed by atoms with van der Waals surface area (Å²) in [6, 6.07) is 4.21. The van der Waals surface area contributed by atoms with Crippen LogP contribution in [0, 0.1) is 5.92 Å². The van der Waals surface area contributed by atoms with Crippen LogP contribution in [0.5, 0.6) is 5.88 Å². The maximum atomic E-state index is 12.3. The quantitative estimate of drug-likeness (QED) is 0.869. The molecule has 2 atom stereocenters. The number of carbonyl (C=O) groups is 1. The van der Waals surface area contributed by atoms with E-state index >= 15 is 0 Å². The summed E-state index contributed by atoms with van der Waals surface area (Å²) in [5.41, 5.74) is 0.918. The summed E-state index contributed by atoms with van der Waals surface area (Å²) in [6.07, 6.45) is 3.57. The molecule has 5 heteroatoms. The lowest BCUT2D eigenvalue weighted by atomic mass is 9.92. The molecule has 1 amide bonds. The predicted octanol–water partition coefficient (Wildman–Crippen LogP) is 1.87. The number of nitrogens with one attached hydrogen (secondary N) is 2. The van der Waals surface area contributed by atoms with Crippen LogP contribution in [0.15, 0.2) is 18.3 Å². The Morgan fingerprint density at radius 1 is 1.57 bits per heavy atom. The van der Waals surface area contributed by atoms with Gasteiger partial charge in [-0.25, -0.2) is 4.98 Å². The zero-order chi connectivity index (χ0) is 15.2. The van der Waals surface area contributed by atoms with E-state index in [4.69, 9.17) is 4.74 Å². The molecule has 1 aromatic rings. The van der Waals surface area contributed by atoms with E-state index in [-0.39, 0.29) is 17.9 Å². The Bertz CT molecular complexity index is 476. The average Bonchev–Trinajstić information content (AvgIpc) is 2.45. The van der Waals surface area contributed by atoms with Crippen LogP contribution in [0.25, 0.3) is 0 Å². The third-order valence-corrected chi connectivity index (χ3v) is 3.64. The first-order valence-electron chi connectivity index (χ1n) is 7.68. The first-order chi connectivity index (χ1) is 10.1. The molecule has 0 spiro atoms. The fourth-order valence-corrected chi connectivity index (χ4v) is 2.58. The van der Waals surface area contributed by atoms with Crippen molar-refractivity contribution in [2.75, 3.05) is 6.54 Å². The number of hydrogen-bond acceptors (Lipinski definition) is 4. The van der Waals surface area contributed by atoms with Crippen LogP contribution in [0.1, 0.15) is 39.2 Å². The van der Waals surface area contributed by atoms with Crippen molar-refractivity contribution < 1.29 is 9.53 Å². The number of piperidine rings is 1. The molecule has 1 fully saturated rings. The number of ether oxygens (including phenoxy) is 1. The van der Waals surface area contributed by atoms with Crippen LogP contribution >= 0.6 is 0 Å². The highest BCUT2D eigenvalue weighted by Crippen LogP contribution is 2.18. The largest absolute Gasteiger partial charge is 0.475 e. The van der Waals surface area contributed by atoms with Gasteiger partial charge in [0.25, 0.3) is 0 Å². The van der Waals surface area contributed by atoms with E-state index in [0.29, 0.717) is 18.5 Å². The molecular formula is C16H25N3O2. The number of hydrogen-bond donors (Lipinski definition) is 2. The monoisotopic (exact) mass is 291 g/mol.